The first kappa shape index (κ1) is 26.8. The van der Waals surface area contributed by atoms with Crippen LogP contribution in [0.25, 0.3) is 17.0 Å². The van der Waals surface area contributed by atoms with E-state index in [0.29, 0.717) is 81.0 Å². The molecule has 38 heavy (non-hydrogen) atoms. The zero-order chi connectivity index (χ0) is 26.6. The Morgan fingerprint density at radius 1 is 0.947 bits per heavy atom. The molecule has 2 saturated heterocycles. The molecule has 12 heteroatoms. The molecule has 0 radical (unpaired) electrons. The Morgan fingerprint density at radius 3 is 2.08 bits per heavy atom. The second-order valence-corrected chi connectivity index (χ2v) is 12.2. The van der Waals surface area contributed by atoms with E-state index in [1.165, 1.54) is 4.57 Å². The van der Waals surface area contributed by atoms with Crippen molar-refractivity contribution in [3.63, 3.8) is 0 Å². The zero-order valence-corrected chi connectivity index (χ0v) is 23.5. The van der Waals surface area contributed by atoms with Gasteiger partial charge in [-0.2, -0.15) is 9.97 Å². The van der Waals surface area contributed by atoms with Crippen LogP contribution in [0.5, 0.6) is 5.75 Å². The Kier molecular flexibility index (Phi) is 8.39. The SMILES string of the molecule is CCCCc1ccc2c(nc(C(F)F)n2-c2nc(N3CCOCC3)cc(N3CCOCC3)n2)c1O[SiH](C)C. The minimum absolute atomic E-state index is 0.183. The van der Waals surface area contributed by atoms with Crippen LogP contribution in [0.2, 0.25) is 13.1 Å². The van der Waals surface area contributed by atoms with Gasteiger partial charge in [0.25, 0.3) is 6.43 Å². The Bertz CT molecular complexity index is 1210. The van der Waals surface area contributed by atoms with Crippen molar-refractivity contribution < 1.29 is 22.7 Å². The van der Waals surface area contributed by atoms with Gasteiger partial charge in [0, 0.05) is 32.2 Å². The van der Waals surface area contributed by atoms with E-state index in [9.17, 15) is 8.78 Å². The first-order valence-electron chi connectivity index (χ1n) is 13.5. The monoisotopic (exact) mass is 546 g/mol. The topological polar surface area (TPSA) is 77.8 Å². The molecule has 0 N–H and O–H groups in total. The number of ether oxygens (including phenoxy) is 2. The summed E-state index contributed by atoms with van der Waals surface area (Å²) in [6, 6.07) is 5.77. The van der Waals surface area contributed by atoms with Gasteiger partial charge in [-0.25, -0.2) is 13.8 Å². The number of hydrogen-bond donors (Lipinski definition) is 0. The van der Waals surface area contributed by atoms with Gasteiger partial charge in [-0.05, 0) is 37.6 Å². The van der Waals surface area contributed by atoms with E-state index >= 15 is 0 Å². The lowest BCUT2D eigenvalue weighted by Gasteiger charge is -2.31. The Morgan fingerprint density at radius 2 is 1.55 bits per heavy atom. The van der Waals surface area contributed by atoms with Crippen molar-refractivity contribution >= 4 is 31.7 Å². The molecule has 0 spiro atoms. The fourth-order valence-electron chi connectivity index (χ4n) is 4.89. The highest BCUT2D eigenvalue weighted by Gasteiger charge is 2.27. The number of anilines is 2. The van der Waals surface area contributed by atoms with Gasteiger partial charge in [0.15, 0.2) is 5.82 Å². The molecule has 2 fully saturated rings. The van der Waals surface area contributed by atoms with Gasteiger partial charge in [-0.15, -0.1) is 0 Å². The molecule has 0 amide bonds. The summed E-state index contributed by atoms with van der Waals surface area (Å²) >= 11 is 0. The Balaban J connectivity index is 1.69. The van der Waals surface area contributed by atoms with E-state index in [0.717, 1.165) is 24.8 Å². The van der Waals surface area contributed by atoms with Crippen LogP contribution in [-0.4, -0.2) is 81.2 Å². The molecule has 4 heterocycles. The van der Waals surface area contributed by atoms with Crippen molar-refractivity contribution in [1.82, 2.24) is 19.5 Å². The molecule has 3 aromatic rings. The average molecular weight is 547 g/mol. The minimum atomic E-state index is -2.81. The summed E-state index contributed by atoms with van der Waals surface area (Å²) in [6.07, 6.45) is 0.00881. The van der Waals surface area contributed by atoms with E-state index in [2.05, 4.69) is 34.8 Å². The van der Waals surface area contributed by atoms with Crippen molar-refractivity contribution in [3.8, 4) is 11.7 Å². The summed E-state index contributed by atoms with van der Waals surface area (Å²) in [4.78, 5) is 18.3. The van der Waals surface area contributed by atoms with Gasteiger partial charge in [-0.1, -0.05) is 19.4 Å². The second-order valence-electron chi connectivity index (χ2n) is 9.88. The maximum Gasteiger partial charge on any atom is 0.296 e. The molecule has 1 aromatic carbocycles. The maximum atomic E-state index is 14.5. The summed E-state index contributed by atoms with van der Waals surface area (Å²) in [5, 5.41) is 0. The van der Waals surface area contributed by atoms with Crippen LogP contribution in [0.15, 0.2) is 18.2 Å². The summed E-state index contributed by atoms with van der Waals surface area (Å²) in [6.45, 7) is 11.3. The molecule has 0 bridgehead atoms. The number of aromatic nitrogens is 4. The maximum absolute atomic E-state index is 14.5. The van der Waals surface area contributed by atoms with E-state index in [-0.39, 0.29) is 11.8 Å². The lowest BCUT2D eigenvalue weighted by atomic mass is 10.1. The van der Waals surface area contributed by atoms with Gasteiger partial charge in [0.05, 0.1) is 31.9 Å². The number of rotatable bonds is 9. The number of imidazole rings is 1. The number of benzene rings is 1. The van der Waals surface area contributed by atoms with Gasteiger partial charge in [0.2, 0.25) is 15.0 Å². The van der Waals surface area contributed by atoms with Crippen LogP contribution in [0.1, 0.15) is 37.6 Å². The average Bonchev–Trinajstić information content (AvgIpc) is 3.34. The number of fused-ring (bicyclic) bond motifs is 1. The first-order chi connectivity index (χ1) is 18.5. The van der Waals surface area contributed by atoms with Crippen molar-refractivity contribution in [1.29, 1.82) is 0 Å². The summed E-state index contributed by atoms with van der Waals surface area (Å²) in [5.74, 6) is 1.80. The number of morpholine rings is 2. The first-order valence-corrected chi connectivity index (χ1v) is 16.3. The molecule has 5 rings (SSSR count). The molecular formula is C26H36F2N6O3Si. The number of alkyl halides is 2. The van der Waals surface area contributed by atoms with Crippen LogP contribution >= 0.6 is 0 Å². The largest absolute Gasteiger partial charge is 0.545 e. The van der Waals surface area contributed by atoms with Crippen LogP contribution in [0.3, 0.4) is 0 Å². The lowest BCUT2D eigenvalue weighted by Crippen LogP contribution is -2.39. The van der Waals surface area contributed by atoms with Crippen LogP contribution < -0.4 is 14.2 Å². The number of nitrogens with zero attached hydrogens (tertiary/aromatic N) is 6. The molecule has 0 atom stereocenters. The quantitative estimate of drug-likeness (QED) is 0.371. The van der Waals surface area contributed by atoms with Gasteiger partial charge in [0.1, 0.15) is 22.9 Å². The van der Waals surface area contributed by atoms with Gasteiger partial charge < -0.3 is 23.7 Å². The number of aryl methyl sites for hydroxylation is 1. The highest BCUT2D eigenvalue weighted by molar-refractivity contribution is 6.49. The van der Waals surface area contributed by atoms with Gasteiger partial charge >= 0.3 is 0 Å². The molecule has 2 aromatic heterocycles. The molecule has 206 valence electrons. The van der Waals surface area contributed by atoms with Crippen molar-refractivity contribution in [2.24, 2.45) is 0 Å². The van der Waals surface area contributed by atoms with E-state index in [1.54, 1.807) is 0 Å². The third-order valence-corrected chi connectivity index (χ3v) is 7.50. The molecule has 0 aliphatic carbocycles. The van der Waals surface area contributed by atoms with Crippen molar-refractivity contribution in [3.05, 3.63) is 29.6 Å². The third kappa shape index (κ3) is 5.62. The molecular weight excluding hydrogens is 510 g/mol. The van der Waals surface area contributed by atoms with E-state index < -0.39 is 15.5 Å². The fraction of sp³-hybridized carbons (Fsp3) is 0.577. The van der Waals surface area contributed by atoms with Crippen LogP contribution in [-0.2, 0) is 15.9 Å². The Hall–Kier alpha value is -2.83. The second kappa shape index (κ2) is 11.9. The summed E-state index contributed by atoms with van der Waals surface area (Å²) in [5.41, 5.74) is 1.98. The fourth-order valence-corrected chi connectivity index (χ4v) is 5.62. The molecule has 0 unspecified atom stereocenters. The van der Waals surface area contributed by atoms with Crippen LogP contribution in [0.4, 0.5) is 20.4 Å². The highest BCUT2D eigenvalue weighted by atomic mass is 28.3. The number of unbranched alkanes of at least 4 members (excludes halogenated alkanes) is 1. The van der Waals surface area contributed by atoms with E-state index in [4.69, 9.17) is 23.9 Å². The normalized spacial score (nSPS) is 16.7. The third-order valence-electron chi connectivity index (χ3n) is 6.79. The molecule has 2 aliphatic rings. The summed E-state index contributed by atoms with van der Waals surface area (Å²) < 4.78 is 47.8. The van der Waals surface area contributed by atoms with Crippen molar-refractivity contribution in [2.75, 3.05) is 62.4 Å². The molecule has 2 aliphatic heterocycles. The predicted octanol–water partition coefficient (Wildman–Crippen LogP) is 4.13. The number of hydrogen-bond acceptors (Lipinski definition) is 8. The standard InChI is InChI=1S/C26H36F2N6O3Si/c1-4-5-6-18-7-8-19-22(23(18)37-38(2)3)31-25(24(27)28)34(19)26-29-20(32-9-13-35-14-10-32)17-21(30-26)33-11-15-36-16-12-33/h7-8,17,24,38H,4-6,9-16H2,1-3H3. The summed E-state index contributed by atoms with van der Waals surface area (Å²) in [7, 11) is -1.53. The highest BCUT2D eigenvalue weighted by Crippen LogP contribution is 2.36. The zero-order valence-electron chi connectivity index (χ0n) is 22.3. The minimum Gasteiger partial charge on any atom is -0.545 e. The van der Waals surface area contributed by atoms with Crippen molar-refractivity contribution in [2.45, 2.75) is 45.7 Å². The number of halogens is 2. The smallest absolute Gasteiger partial charge is 0.296 e. The predicted molar refractivity (Wildman–Crippen MR) is 146 cm³/mol. The Labute approximate surface area is 223 Å². The molecule has 9 nitrogen and oxygen atoms in total. The van der Waals surface area contributed by atoms with Crippen LogP contribution in [0, 0.1) is 0 Å². The molecule has 0 saturated carbocycles. The van der Waals surface area contributed by atoms with E-state index in [1.807, 2.05) is 18.2 Å². The van der Waals surface area contributed by atoms with Gasteiger partial charge in [-0.3, -0.25) is 4.57 Å². The lowest BCUT2D eigenvalue weighted by molar-refractivity contribution is 0.122.